The van der Waals surface area contributed by atoms with Gasteiger partial charge in [-0.05, 0) is 26.0 Å². The number of carbonyl (C=O) groups excluding carboxylic acids is 1. The Bertz CT molecular complexity index is 310. The van der Waals surface area contributed by atoms with Crippen LogP contribution in [-0.2, 0) is 14.3 Å². The van der Waals surface area contributed by atoms with Crippen LogP contribution in [0.2, 0.25) is 0 Å². The summed E-state index contributed by atoms with van der Waals surface area (Å²) >= 11 is 0. The van der Waals surface area contributed by atoms with Gasteiger partial charge < -0.3 is 14.2 Å². The lowest BCUT2D eigenvalue weighted by Crippen LogP contribution is -2.22. The molecule has 0 bridgehead atoms. The van der Waals surface area contributed by atoms with Crippen LogP contribution >= 0.6 is 0 Å². The molecule has 0 aliphatic rings. The van der Waals surface area contributed by atoms with Crippen LogP contribution in [0.3, 0.4) is 0 Å². The summed E-state index contributed by atoms with van der Waals surface area (Å²) < 4.78 is 15.2. The number of rotatable bonds is 6. The van der Waals surface area contributed by atoms with Crippen LogP contribution in [0.25, 0.3) is 0 Å². The summed E-state index contributed by atoms with van der Waals surface area (Å²) in [6.45, 7) is 3.91. The summed E-state index contributed by atoms with van der Waals surface area (Å²) in [6, 6.07) is 9.10. The SMILES string of the molecule is CCOC(C)OC(=O)COc1ccccc1. The maximum Gasteiger partial charge on any atom is 0.346 e. The first-order valence-electron chi connectivity index (χ1n) is 5.21. The second-order valence-corrected chi connectivity index (χ2v) is 3.11. The Morgan fingerprint density at radius 1 is 1.31 bits per heavy atom. The Kier molecular flexibility index (Phi) is 5.36. The average Bonchev–Trinajstić information content (AvgIpc) is 2.28. The highest BCUT2D eigenvalue weighted by Gasteiger charge is 2.09. The van der Waals surface area contributed by atoms with Gasteiger partial charge in [0.25, 0.3) is 0 Å². The fourth-order valence-electron chi connectivity index (χ4n) is 1.15. The predicted octanol–water partition coefficient (Wildman–Crippen LogP) is 1.99. The van der Waals surface area contributed by atoms with E-state index >= 15 is 0 Å². The molecule has 1 aromatic carbocycles. The third-order valence-electron chi connectivity index (χ3n) is 1.80. The van der Waals surface area contributed by atoms with E-state index in [9.17, 15) is 4.79 Å². The molecule has 1 atom stereocenters. The molecule has 88 valence electrons. The van der Waals surface area contributed by atoms with Crippen molar-refractivity contribution in [3.8, 4) is 5.75 Å². The molecule has 0 aromatic heterocycles. The van der Waals surface area contributed by atoms with E-state index in [1.807, 2.05) is 25.1 Å². The molecule has 4 nitrogen and oxygen atoms in total. The molecule has 0 spiro atoms. The molecule has 1 rings (SSSR count). The number of benzene rings is 1. The Hall–Kier alpha value is -1.55. The number of hydrogen-bond donors (Lipinski definition) is 0. The summed E-state index contributed by atoms with van der Waals surface area (Å²) in [7, 11) is 0. The van der Waals surface area contributed by atoms with Crippen molar-refractivity contribution < 1.29 is 19.0 Å². The van der Waals surface area contributed by atoms with Gasteiger partial charge >= 0.3 is 5.97 Å². The molecule has 0 amide bonds. The Labute approximate surface area is 95.1 Å². The van der Waals surface area contributed by atoms with Gasteiger partial charge in [-0.1, -0.05) is 18.2 Å². The van der Waals surface area contributed by atoms with Crippen molar-refractivity contribution in [1.82, 2.24) is 0 Å². The van der Waals surface area contributed by atoms with E-state index < -0.39 is 12.3 Å². The first-order chi connectivity index (χ1) is 7.72. The van der Waals surface area contributed by atoms with E-state index in [2.05, 4.69) is 0 Å². The average molecular weight is 224 g/mol. The van der Waals surface area contributed by atoms with Crippen molar-refractivity contribution in [1.29, 1.82) is 0 Å². The van der Waals surface area contributed by atoms with Gasteiger partial charge in [-0.3, -0.25) is 0 Å². The van der Waals surface area contributed by atoms with Gasteiger partial charge in [0.1, 0.15) is 5.75 Å². The lowest BCUT2D eigenvalue weighted by atomic mass is 10.3. The minimum Gasteiger partial charge on any atom is -0.482 e. The molecule has 0 fully saturated rings. The minimum absolute atomic E-state index is 0.110. The van der Waals surface area contributed by atoms with Crippen molar-refractivity contribution >= 4 is 5.97 Å². The van der Waals surface area contributed by atoms with Crippen LogP contribution in [0.1, 0.15) is 13.8 Å². The second-order valence-electron chi connectivity index (χ2n) is 3.11. The van der Waals surface area contributed by atoms with Gasteiger partial charge in [0.15, 0.2) is 12.9 Å². The third kappa shape index (κ3) is 4.79. The monoisotopic (exact) mass is 224 g/mol. The standard InChI is InChI=1S/C12H16O4/c1-3-14-10(2)16-12(13)9-15-11-7-5-4-6-8-11/h4-8,10H,3,9H2,1-2H3. The number of carbonyl (C=O) groups is 1. The smallest absolute Gasteiger partial charge is 0.346 e. The van der Waals surface area contributed by atoms with Crippen LogP contribution in [-0.4, -0.2) is 25.5 Å². The molecule has 1 aromatic rings. The largest absolute Gasteiger partial charge is 0.482 e. The summed E-state index contributed by atoms with van der Waals surface area (Å²) in [5, 5.41) is 0. The van der Waals surface area contributed by atoms with Gasteiger partial charge in [0, 0.05) is 6.61 Å². The number of para-hydroxylation sites is 1. The molecule has 1 unspecified atom stereocenters. The maximum atomic E-state index is 11.3. The molecule has 0 aliphatic carbocycles. The second kappa shape index (κ2) is 6.85. The molecule has 0 aliphatic heterocycles. The van der Waals surface area contributed by atoms with Crippen LogP contribution in [0.5, 0.6) is 5.75 Å². The Balaban J connectivity index is 2.25. The van der Waals surface area contributed by atoms with Gasteiger partial charge in [-0.15, -0.1) is 0 Å². The van der Waals surface area contributed by atoms with Gasteiger partial charge in [-0.25, -0.2) is 4.79 Å². The molecule has 0 heterocycles. The predicted molar refractivity (Wildman–Crippen MR) is 59.1 cm³/mol. The highest BCUT2D eigenvalue weighted by atomic mass is 16.7. The lowest BCUT2D eigenvalue weighted by Gasteiger charge is -2.13. The quantitative estimate of drug-likeness (QED) is 0.547. The molecule has 0 radical (unpaired) electrons. The fourth-order valence-corrected chi connectivity index (χ4v) is 1.15. The number of esters is 1. The van der Waals surface area contributed by atoms with E-state index in [1.54, 1.807) is 19.1 Å². The number of ether oxygens (including phenoxy) is 3. The topological polar surface area (TPSA) is 44.8 Å². The molecule has 0 saturated heterocycles. The Morgan fingerprint density at radius 3 is 2.62 bits per heavy atom. The summed E-state index contributed by atoms with van der Waals surface area (Å²) in [4.78, 5) is 11.3. The van der Waals surface area contributed by atoms with Crippen LogP contribution < -0.4 is 4.74 Å². The van der Waals surface area contributed by atoms with Crippen molar-refractivity contribution in [2.75, 3.05) is 13.2 Å². The maximum absolute atomic E-state index is 11.3. The molecule has 0 saturated carbocycles. The summed E-state index contributed by atoms with van der Waals surface area (Å²) in [5.41, 5.74) is 0. The zero-order valence-electron chi connectivity index (χ0n) is 9.51. The molecule has 16 heavy (non-hydrogen) atoms. The van der Waals surface area contributed by atoms with Crippen molar-refractivity contribution in [3.63, 3.8) is 0 Å². The van der Waals surface area contributed by atoms with Crippen molar-refractivity contribution in [2.24, 2.45) is 0 Å². The van der Waals surface area contributed by atoms with E-state index in [4.69, 9.17) is 14.2 Å². The first kappa shape index (κ1) is 12.5. The van der Waals surface area contributed by atoms with Crippen LogP contribution in [0.15, 0.2) is 30.3 Å². The normalized spacial score (nSPS) is 11.9. The van der Waals surface area contributed by atoms with E-state index in [-0.39, 0.29) is 6.61 Å². The highest BCUT2D eigenvalue weighted by Crippen LogP contribution is 2.08. The van der Waals surface area contributed by atoms with Crippen LogP contribution in [0.4, 0.5) is 0 Å². The van der Waals surface area contributed by atoms with E-state index in [0.717, 1.165) is 0 Å². The first-order valence-corrected chi connectivity index (χ1v) is 5.21. The highest BCUT2D eigenvalue weighted by molar-refractivity contribution is 5.71. The molecular weight excluding hydrogens is 208 g/mol. The van der Waals surface area contributed by atoms with Gasteiger partial charge in [-0.2, -0.15) is 0 Å². The van der Waals surface area contributed by atoms with Crippen molar-refractivity contribution in [3.05, 3.63) is 30.3 Å². The lowest BCUT2D eigenvalue weighted by molar-refractivity contribution is -0.175. The summed E-state index contributed by atoms with van der Waals surface area (Å²) in [6.07, 6.45) is -0.531. The fraction of sp³-hybridized carbons (Fsp3) is 0.417. The zero-order chi connectivity index (χ0) is 11.8. The van der Waals surface area contributed by atoms with E-state index in [1.165, 1.54) is 0 Å². The molecule has 0 N–H and O–H groups in total. The van der Waals surface area contributed by atoms with Crippen LogP contribution in [0, 0.1) is 0 Å². The van der Waals surface area contributed by atoms with Crippen molar-refractivity contribution in [2.45, 2.75) is 20.1 Å². The third-order valence-corrected chi connectivity index (χ3v) is 1.80. The molecule has 4 heteroatoms. The van der Waals surface area contributed by atoms with E-state index in [0.29, 0.717) is 12.4 Å². The van der Waals surface area contributed by atoms with Gasteiger partial charge in [0.2, 0.25) is 0 Å². The molecular formula is C12H16O4. The van der Waals surface area contributed by atoms with Gasteiger partial charge in [0.05, 0.1) is 0 Å². The summed E-state index contributed by atoms with van der Waals surface area (Å²) in [5.74, 6) is 0.202. The zero-order valence-corrected chi connectivity index (χ0v) is 9.51. The minimum atomic E-state index is -0.531. The number of hydrogen-bond acceptors (Lipinski definition) is 4. The Morgan fingerprint density at radius 2 is 2.00 bits per heavy atom.